The van der Waals surface area contributed by atoms with Gasteiger partial charge >= 0.3 is 15.2 Å². The monoisotopic (exact) mass is 552 g/mol. The minimum absolute atomic E-state index is 0.0347. The Labute approximate surface area is 211 Å². The van der Waals surface area contributed by atoms with Gasteiger partial charge in [-0.05, 0) is 12.8 Å². The zero-order valence-corrected chi connectivity index (χ0v) is 24.4. The van der Waals surface area contributed by atoms with Gasteiger partial charge in [-0.1, -0.05) is 26.7 Å². The number of aliphatic hydroxyl groups is 3. The Morgan fingerprint density at radius 3 is 1.54 bits per heavy atom. The third kappa shape index (κ3) is 15.2. The van der Waals surface area contributed by atoms with E-state index in [-0.39, 0.29) is 25.3 Å². The fraction of sp³-hybridized carbons (Fsp3) is 1.00. The van der Waals surface area contributed by atoms with E-state index in [0.717, 1.165) is 45.6 Å². The molecule has 0 amide bonds. The van der Waals surface area contributed by atoms with E-state index >= 15 is 0 Å². The summed E-state index contributed by atoms with van der Waals surface area (Å²) in [5.74, 6) is -0.824. The lowest BCUT2D eigenvalue weighted by Crippen LogP contribution is -2.45. The minimum Gasteiger partial charge on any atom is -0.400 e. The molecule has 1 heterocycles. The highest BCUT2D eigenvalue weighted by Crippen LogP contribution is 2.49. The smallest absolute Gasteiger partial charge is 0.330 e. The third-order valence-electron chi connectivity index (χ3n) is 5.58. The molecule has 0 bridgehead atoms. The highest BCUT2D eigenvalue weighted by Gasteiger charge is 2.39. The van der Waals surface area contributed by atoms with E-state index < -0.39 is 26.9 Å². The summed E-state index contributed by atoms with van der Waals surface area (Å²) in [6.45, 7) is 5.01. The van der Waals surface area contributed by atoms with Crippen molar-refractivity contribution in [1.29, 1.82) is 0 Å². The molecular formula is C22H50O11P2. The fourth-order valence-corrected chi connectivity index (χ4v) is 5.89. The summed E-state index contributed by atoms with van der Waals surface area (Å²) in [4.78, 5) is 0. The predicted molar refractivity (Wildman–Crippen MR) is 136 cm³/mol. The van der Waals surface area contributed by atoms with Crippen LogP contribution in [0.2, 0.25) is 0 Å². The van der Waals surface area contributed by atoms with Gasteiger partial charge in [-0.15, -0.1) is 0 Å². The van der Waals surface area contributed by atoms with Gasteiger partial charge in [0, 0.05) is 73.4 Å². The molecule has 1 fully saturated rings. The van der Waals surface area contributed by atoms with Crippen molar-refractivity contribution >= 4 is 15.2 Å². The number of ether oxygens (including phenoxy) is 2. The number of unbranched alkanes of at least 4 members (excludes halogenated alkanes) is 2. The summed E-state index contributed by atoms with van der Waals surface area (Å²) in [5.41, 5.74) is 0. The molecule has 0 aromatic rings. The van der Waals surface area contributed by atoms with Crippen molar-refractivity contribution in [3.8, 4) is 0 Å². The highest BCUT2D eigenvalue weighted by molar-refractivity contribution is 7.54. The lowest BCUT2D eigenvalue weighted by Gasteiger charge is -2.41. The van der Waals surface area contributed by atoms with Crippen LogP contribution in [-0.4, -0.2) is 95.4 Å². The maximum Gasteiger partial charge on any atom is 0.330 e. The molecule has 0 unspecified atom stereocenters. The largest absolute Gasteiger partial charge is 0.400 e. The Morgan fingerprint density at radius 2 is 1.23 bits per heavy atom. The lowest BCUT2D eigenvalue weighted by atomic mass is 10.00. The van der Waals surface area contributed by atoms with E-state index in [1.807, 2.05) is 0 Å². The van der Waals surface area contributed by atoms with Crippen molar-refractivity contribution in [1.82, 2.24) is 0 Å². The maximum absolute atomic E-state index is 12.2. The molecule has 1 saturated heterocycles. The number of aliphatic hydroxyl groups excluding tert-OH is 3. The zero-order valence-electron chi connectivity index (χ0n) is 22.6. The second-order valence-electron chi connectivity index (χ2n) is 8.15. The summed E-state index contributed by atoms with van der Waals surface area (Å²) in [6.07, 6.45) is 6.71. The van der Waals surface area contributed by atoms with Gasteiger partial charge in [-0.2, -0.15) is 0 Å². The Balaban J connectivity index is 0. The molecule has 11 nitrogen and oxygen atoms in total. The van der Waals surface area contributed by atoms with Gasteiger partial charge in [0.25, 0.3) is 0 Å². The maximum atomic E-state index is 12.2. The van der Waals surface area contributed by atoms with E-state index in [4.69, 9.17) is 33.8 Å². The molecule has 214 valence electrons. The molecule has 1 aliphatic heterocycles. The molecular weight excluding hydrogens is 502 g/mol. The summed E-state index contributed by atoms with van der Waals surface area (Å²) in [6, 6.07) is 0. The van der Waals surface area contributed by atoms with Crippen LogP contribution in [0.3, 0.4) is 0 Å². The first-order valence-corrected chi connectivity index (χ1v) is 15.5. The Kier molecular flexibility index (Phi) is 22.4. The summed E-state index contributed by atoms with van der Waals surface area (Å²) < 4.78 is 55.0. The van der Waals surface area contributed by atoms with Crippen LogP contribution in [0.1, 0.15) is 52.4 Å². The van der Waals surface area contributed by atoms with E-state index in [0.29, 0.717) is 19.4 Å². The second kappa shape index (κ2) is 21.1. The first kappa shape index (κ1) is 37.3. The first-order chi connectivity index (χ1) is 16.6. The first-order valence-electron chi connectivity index (χ1n) is 12.0. The molecule has 3 N–H and O–H groups in total. The summed E-state index contributed by atoms with van der Waals surface area (Å²) >= 11 is 0. The molecule has 0 saturated carbocycles. The quantitative estimate of drug-likeness (QED) is 0.239. The standard InChI is InChI=1S/C15H31O5P.C6H15O5P.CH4O/c1-5-7-9-15(10-8-6-2)19-11-14(12-20-15)13-21(16,17-3)18-4;1-10-12(9,11-2)5-6(3-7)4-8;1-2/h14H,5-13H2,1-4H3;6-8H,3-5H2,1-2H3;2H,1H3. The lowest BCUT2D eigenvalue weighted by molar-refractivity contribution is -0.288. The normalized spacial score (nSPS) is 16.3. The number of rotatable bonds is 16. The van der Waals surface area contributed by atoms with Gasteiger partial charge in [-0.25, -0.2) is 0 Å². The Morgan fingerprint density at radius 1 is 0.829 bits per heavy atom. The molecule has 0 atom stereocenters. The van der Waals surface area contributed by atoms with Gasteiger partial charge in [0.1, 0.15) is 0 Å². The van der Waals surface area contributed by atoms with Crippen molar-refractivity contribution in [2.24, 2.45) is 11.8 Å². The zero-order chi connectivity index (χ0) is 27.4. The second-order valence-corrected chi connectivity index (χ2v) is 12.8. The van der Waals surface area contributed by atoms with E-state index in [1.54, 1.807) is 0 Å². The molecule has 1 aliphatic rings. The average molecular weight is 553 g/mol. The third-order valence-corrected chi connectivity index (χ3v) is 9.73. The molecule has 0 radical (unpaired) electrons. The van der Waals surface area contributed by atoms with Crippen LogP contribution in [0.5, 0.6) is 0 Å². The number of hydrogen-bond acceptors (Lipinski definition) is 11. The fourth-order valence-electron chi connectivity index (χ4n) is 3.29. The highest BCUT2D eigenvalue weighted by atomic mass is 31.2. The molecule has 0 aromatic carbocycles. The summed E-state index contributed by atoms with van der Waals surface area (Å²) in [7, 11) is 0.300. The average Bonchev–Trinajstić information content (AvgIpc) is 2.92. The SMILES string of the molecule is CCCCC1(CCCC)OCC(CP(=O)(OC)OC)CO1.CO.COP(=O)(CC(CO)CO)OC. The van der Waals surface area contributed by atoms with Crippen molar-refractivity contribution < 1.29 is 52.0 Å². The van der Waals surface area contributed by atoms with Crippen LogP contribution in [-0.2, 0) is 36.7 Å². The van der Waals surface area contributed by atoms with Crippen LogP contribution >= 0.6 is 15.2 Å². The van der Waals surface area contributed by atoms with Crippen molar-refractivity contribution in [3.63, 3.8) is 0 Å². The Hall–Kier alpha value is 0.1000. The van der Waals surface area contributed by atoms with Gasteiger partial charge in [-0.3, -0.25) is 9.13 Å². The van der Waals surface area contributed by atoms with Crippen LogP contribution in [0.4, 0.5) is 0 Å². The minimum atomic E-state index is -3.09. The molecule has 0 spiro atoms. The van der Waals surface area contributed by atoms with Gasteiger partial charge in [0.05, 0.1) is 25.5 Å². The van der Waals surface area contributed by atoms with Crippen LogP contribution in [0.25, 0.3) is 0 Å². The van der Waals surface area contributed by atoms with Crippen molar-refractivity contribution in [2.75, 3.05) is 74.3 Å². The van der Waals surface area contributed by atoms with E-state index in [9.17, 15) is 9.13 Å². The van der Waals surface area contributed by atoms with Crippen molar-refractivity contribution in [3.05, 3.63) is 0 Å². The van der Waals surface area contributed by atoms with E-state index in [1.165, 1.54) is 28.4 Å². The van der Waals surface area contributed by atoms with Crippen molar-refractivity contribution in [2.45, 2.75) is 58.2 Å². The molecule has 0 aromatic heterocycles. The number of hydrogen-bond donors (Lipinski definition) is 3. The van der Waals surface area contributed by atoms with Gasteiger partial charge in [0.2, 0.25) is 0 Å². The Bertz CT molecular complexity index is 554. The van der Waals surface area contributed by atoms with Crippen LogP contribution in [0.15, 0.2) is 0 Å². The van der Waals surface area contributed by atoms with Gasteiger partial charge < -0.3 is 42.9 Å². The molecule has 35 heavy (non-hydrogen) atoms. The topological polar surface area (TPSA) is 150 Å². The summed E-state index contributed by atoms with van der Waals surface area (Å²) in [5, 5.41) is 24.4. The van der Waals surface area contributed by atoms with Crippen LogP contribution in [0, 0.1) is 11.8 Å². The van der Waals surface area contributed by atoms with E-state index in [2.05, 4.69) is 22.9 Å². The molecule has 0 aliphatic carbocycles. The predicted octanol–water partition coefficient (Wildman–Crippen LogP) is 3.89. The molecule has 13 heteroatoms. The van der Waals surface area contributed by atoms with Crippen LogP contribution < -0.4 is 0 Å². The van der Waals surface area contributed by atoms with Gasteiger partial charge in [0.15, 0.2) is 5.79 Å². The molecule has 1 rings (SSSR count).